The number of nitrogens with one attached hydrogen (secondary N) is 1. The quantitative estimate of drug-likeness (QED) is 0.302. The van der Waals surface area contributed by atoms with Gasteiger partial charge in [0.05, 0.1) is 6.42 Å². The highest BCUT2D eigenvalue weighted by Crippen LogP contribution is 2.47. The maximum absolute atomic E-state index is 13.0. The van der Waals surface area contributed by atoms with Crippen molar-refractivity contribution in [3.8, 4) is 11.5 Å². The van der Waals surface area contributed by atoms with Crippen molar-refractivity contribution in [2.45, 2.75) is 69.9 Å². The molecular formula is C32H35NO5. The average Bonchev–Trinajstić information content (AvgIpc) is 2.91. The van der Waals surface area contributed by atoms with E-state index in [0.29, 0.717) is 11.7 Å². The lowest BCUT2D eigenvalue weighted by Crippen LogP contribution is -2.57. The van der Waals surface area contributed by atoms with E-state index in [-0.39, 0.29) is 36.2 Å². The molecule has 0 aliphatic heterocycles. The number of rotatable bonds is 6. The summed E-state index contributed by atoms with van der Waals surface area (Å²) in [6.07, 6.45) is 5.99. The first kappa shape index (κ1) is 25.8. The van der Waals surface area contributed by atoms with Crippen LogP contribution in [0.5, 0.6) is 11.5 Å². The van der Waals surface area contributed by atoms with Crippen molar-refractivity contribution < 1.29 is 24.2 Å². The Morgan fingerprint density at radius 1 is 0.974 bits per heavy atom. The molecule has 0 heterocycles. The SMILES string of the molecule is C[C@@]12CCCCC[C@@H](Cc3ccc(OC(=O)Cc4ccc(O)cc4)cc31)[C@@H]2NC(=O)OCc1ccccc1. The van der Waals surface area contributed by atoms with E-state index < -0.39 is 6.09 Å². The van der Waals surface area contributed by atoms with Crippen molar-refractivity contribution >= 4 is 12.1 Å². The summed E-state index contributed by atoms with van der Waals surface area (Å²) in [5, 5.41) is 12.7. The van der Waals surface area contributed by atoms with Gasteiger partial charge in [-0.1, -0.05) is 74.7 Å². The van der Waals surface area contributed by atoms with Crippen molar-refractivity contribution in [1.29, 1.82) is 0 Å². The Hall–Kier alpha value is -3.80. The fourth-order valence-corrected chi connectivity index (χ4v) is 6.17. The molecule has 38 heavy (non-hydrogen) atoms. The highest BCUT2D eigenvalue weighted by molar-refractivity contribution is 5.75. The highest BCUT2D eigenvalue weighted by atomic mass is 16.5. The Balaban J connectivity index is 1.34. The van der Waals surface area contributed by atoms with E-state index in [2.05, 4.69) is 18.3 Å². The monoisotopic (exact) mass is 513 g/mol. The summed E-state index contributed by atoms with van der Waals surface area (Å²) in [5.74, 6) is 0.639. The molecule has 3 atom stereocenters. The number of aromatic hydroxyl groups is 1. The third-order valence-electron chi connectivity index (χ3n) is 8.11. The molecule has 0 radical (unpaired) electrons. The van der Waals surface area contributed by atoms with Gasteiger partial charge in [0.15, 0.2) is 0 Å². The van der Waals surface area contributed by atoms with Gasteiger partial charge in [0.2, 0.25) is 0 Å². The summed E-state index contributed by atoms with van der Waals surface area (Å²) in [4.78, 5) is 25.6. The summed E-state index contributed by atoms with van der Waals surface area (Å²) in [7, 11) is 0. The highest BCUT2D eigenvalue weighted by Gasteiger charge is 2.46. The van der Waals surface area contributed by atoms with Crippen molar-refractivity contribution in [2.75, 3.05) is 0 Å². The summed E-state index contributed by atoms with van der Waals surface area (Å²) in [6, 6.07) is 22.1. The summed E-state index contributed by atoms with van der Waals surface area (Å²) in [6.45, 7) is 2.46. The van der Waals surface area contributed by atoms with E-state index in [1.165, 1.54) is 12.0 Å². The number of fused-ring (bicyclic) bond motifs is 4. The molecule has 1 saturated carbocycles. The van der Waals surface area contributed by atoms with Gasteiger partial charge in [0.1, 0.15) is 18.1 Å². The molecule has 198 valence electrons. The minimum atomic E-state index is -0.393. The van der Waals surface area contributed by atoms with Crippen LogP contribution in [0, 0.1) is 5.92 Å². The van der Waals surface area contributed by atoms with Gasteiger partial charge in [-0.25, -0.2) is 4.79 Å². The summed E-state index contributed by atoms with van der Waals surface area (Å²) >= 11 is 0. The molecule has 0 spiro atoms. The average molecular weight is 514 g/mol. The molecule has 0 aromatic heterocycles. The number of alkyl carbamates (subject to hydrolysis) is 1. The lowest BCUT2D eigenvalue weighted by Gasteiger charge is -2.49. The molecule has 2 N–H and O–H groups in total. The third-order valence-corrected chi connectivity index (χ3v) is 8.11. The first-order valence-corrected chi connectivity index (χ1v) is 13.5. The molecule has 3 aromatic rings. The Morgan fingerprint density at radius 2 is 1.76 bits per heavy atom. The van der Waals surface area contributed by atoms with E-state index in [1.54, 1.807) is 24.3 Å². The van der Waals surface area contributed by atoms with Crippen LogP contribution in [0.25, 0.3) is 0 Å². The van der Waals surface area contributed by atoms with Crippen LogP contribution in [0.3, 0.4) is 0 Å². The molecule has 2 bridgehead atoms. The van der Waals surface area contributed by atoms with E-state index in [9.17, 15) is 14.7 Å². The molecule has 6 heteroatoms. The van der Waals surface area contributed by atoms with Gasteiger partial charge in [-0.3, -0.25) is 4.79 Å². The lowest BCUT2D eigenvalue weighted by molar-refractivity contribution is -0.133. The predicted molar refractivity (Wildman–Crippen MR) is 145 cm³/mol. The van der Waals surface area contributed by atoms with E-state index >= 15 is 0 Å². The van der Waals surface area contributed by atoms with Crippen molar-refractivity contribution in [3.63, 3.8) is 0 Å². The molecule has 6 nitrogen and oxygen atoms in total. The first-order valence-electron chi connectivity index (χ1n) is 13.5. The second-order valence-corrected chi connectivity index (χ2v) is 10.8. The van der Waals surface area contributed by atoms with Gasteiger partial charge in [0, 0.05) is 11.5 Å². The molecule has 2 aliphatic rings. The van der Waals surface area contributed by atoms with Gasteiger partial charge >= 0.3 is 12.1 Å². The zero-order valence-corrected chi connectivity index (χ0v) is 21.8. The van der Waals surface area contributed by atoms with Crippen LogP contribution >= 0.6 is 0 Å². The van der Waals surface area contributed by atoms with Crippen LogP contribution in [0.2, 0.25) is 0 Å². The van der Waals surface area contributed by atoms with E-state index in [4.69, 9.17) is 9.47 Å². The number of hydrogen-bond acceptors (Lipinski definition) is 5. The number of esters is 1. The van der Waals surface area contributed by atoms with Crippen molar-refractivity contribution in [2.24, 2.45) is 5.92 Å². The normalized spacial score (nSPS) is 22.3. The van der Waals surface area contributed by atoms with Crippen LogP contribution in [0.4, 0.5) is 4.79 Å². The van der Waals surface area contributed by atoms with Gasteiger partial charge in [0.25, 0.3) is 0 Å². The van der Waals surface area contributed by atoms with Gasteiger partial charge in [-0.15, -0.1) is 0 Å². The largest absolute Gasteiger partial charge is 0.508 e. The molecule has 2 aliphatic carbocycles. The number of phenols is 1. The third kappa shape index (κ3) is 5.85. The van der Waals surface area contributed by atoms with Crippen LogP contribution in [0.1, 0.15) is 61.3 Å². The fourth-order valence-electron chi connectivity index (χ4n) is 6.17. The second-order valence-electron chi connectivity index (χ2n) is 10.8. The van der Waals surface area contributed by atoms with E-state index in [1.807, 2.05) is 42.5 Å². The van der Waals surface area contributed by atoms with Crippen LogP contribution in [-0.2, 0) is 34.4 Å². The molecule has 1 amide bonds. The van der Waals surface area contributed by atoms with Crippen molar-refractivity contribution in [3.05, 3.63) is 95.1 Å². The second kappa shape index (κ2) is 11.3. The molecule has 5 rings (SSSR count). The predicted octanol–water partition coefficient (Wildman–Crippen LogP) is 6.23. The summed E-state index contributed by atoms with van der Waals surface area (Å²) in [5.41, 5.74) is 3.83. The number of carbonyl (C=O) groups excluding carboxylic acids is 2. The Bertz CT molecular complexity index is 1270. The maximum atomic E-state index is 13.0. The number of ether oxygens (including phenoxy) is 2. The number of benzene rings is 3. The number of hydrogen-bond donors (Lipinski definition) is 2. The number of carbonyl (C=O) groups is 2. The minimum Gasteiger partial charge on any atom is -0.508 e. The molecule has 3 aromatic carbocycles. The van der Waals surface area contributed by atoms with Gasteiger partial charge in [-0.05, 0) is 71.7 Å². The lowest BCUT2D eigenvalue weighted by atomic mass is 9.59. The molecule has 0 saturated heterocycles. The minimum absolute atomic E-state index is 0.0680. The Labute approximate surface area is 224 Å². The number of phenolic OH excluding ortho intramolecular Hbond substituents is 1. The summed E-state index contributed by atoms with van der Waals surface area (Å²) < 4.78 is 11.4. The van der Waals surface area contributed by atoms with Gasteiger partial charge in [-0.2, -0.15) is 0 Å². The molecular weight excluding hydrogens is 478 g/mol. The fraction of sp³-hybridized carbons (Fsp3) is 0.375. The van der Waals surface area contributed by atoms with Gasteiger partial charge < -0.3 is 19.9 Å². The van der Waals surface area contributed by atoms with Crippen LogP contribution < -0.4 is 10.1 Å². The van der Waals surface area contributed by atoms with Crippen LogP contribution in [-0.4, -0.2) is 23.2 Å². The molecule has 1 fully saturated rings. The maximum Gasteiger partial charge on any atom is 0.407 e. The smallest absolute Gasteiger partial charge is 0.407 e. The van der Waals surface area contributed by atoms with Crippen LogP contribution in [0.15, 0.2) is 72.8 Å². The zero-order chi connectivity index (χ0) is 26.5. The standard InChI is InChI=1S/C32H35NO5/c1-32-17-7-3-6-10-25(30(32)33-31(36)37-21-23-8-4-2-5-9-23)19-24-13-16-27(20-28(24)32)38-29(35)18-22-11-14-26(34)15-12-22/h2,4-5,8-9,11-16,20,25,30,34H,3,6-7,10,17-19,21H2,1H3,(H,33,36)/t25-,30-,32+/m0/s1. The Kier molecular flexibility index (Phi) is 7.68. The van der Waals surface area contributed by atoms with Crippen molar-refractivity contribution in [1.82, 2.24) is 5.32 Å². The van der Waals surface area contributed by atoms with E-state index in [0.717, 1.165) is 48.8 Å². The first-order chi connectivity index (χ1) is 18.4. The Morgan fingerprint density at radius 3 is 2.55 bits per heavy atom. The topological polar surface area (TPSA) is 84.9 Å². The zero-order valence-electron chi connectivity index (χ0n) is 21.8. The molecule has 0 unspecified atom stereocenters. The number of amides is 1.